The van der Waals surface area contributed by atoms with Crippen molar-refractivity contribution in [3.63, 3.8) is 0 Å². The lowest BCUT2D eigenvalue weighted by Crippen LogP contribution is -2.46. The van der Waals surface area contributed by atoms with Crippen LogP contribution in [0.4, 0.5) is 0 Å². The van der Waals surface area contributed by atoms with E-state index in [1.807, 2.05) is 13.8 Å². The summed E-state index contributed by atoms with van der Waals surface area (Å²) in [6, 6.07) is 22.3. The van der Waals surface area contributed by atoms with Crippen molar-refractivity contribution in [2.24, 2.45) is 0 Å². The van der Waals surface area contributed by atoms with Crippen LogP contribution in [0, 0.1) is 0 Å². The fourth-order valence-electron chi connectivity index (χ4n) is 2.79. The molecule has 136 valence electrons. The summed E-state index contributed by atoms with van der Waals surface area (Å²) < 4.78 is 18.1. The molecule has 0 heterocycles. The van der Waals surface area contributed by atoms with Gasteiger partial charge in [-0.25, -0.2) is 0 Å². The Morgan fingerprint density at radius 2 is 1.20 bits per heavy atom. The lowest BCUT2D eigenvalue weighted by Gasteiger charge is -2.29. The molecule has 0 radical (unpaired) electrons. The van der Waals surface area contributed by atoms with Crippen molar-refractivity contribution < 1.29 is 13.3 Å². The summed E-state index contributed by atoms with van der Waals surface area (Å²) in [7, 11) is -2.97. The van der Waals surface area contributed by atoms with Crippen molar-refractivity contribution in [3.05, 3.63) is 60.7 Å². The number of rotatable bonds is 11. The molecule has 0 bridgehead atoms. The van der Waals surface area contributed by atoms with Gasteiger partial charge in [-0.2, -0.15) is 0 Å². The van der Waals surface area contributed by atoms with Crippen molar-refractivity contribution in [2.45, 2.75) is 26.8 Å². The first-order valence-corrected chi connectivity index (χ1v) is 12.5. The lowest BCUT2D eigenvalue weighted by molar-refractivity contribution is 0.0732. The largest absolute Gasteiger partial charge is 0.500 e. The van der Waals surface area contributed by atoms with E-state index in [4.69, 9.17) is 13.3 Å². The van der Waals surface area contributed by atoms with Crippen LogP contribution in [-0.2, 0) is 13.3 Å². The van der Waals surface area contributed by atoms with E-state index in [1.54, 1.807) is 0 Å². The Hall–Kier alpha value is -1.03. The Morgan fingerprint density at radius 3 is 1.60 bits per heavy atom. The van der Waals surface area contributed by atoms with Gasteiger partial charge in [-0.05, 0) is 38.5 Å². The third-order valence-corrected chi connectivity index (χ3v) is 9.37. The average Bonchev–Trinajstić information content (AvgIpc) is 2.67. The minimum absolute atomic E-state index is 0.441. The first kappa shape index (κ1) is 20.3. The van der Waals surface area contributed by atoms with Crippen LogP contribution < -0.4 is 10.6 Å². The van der Waals surface area contributed by atoms with Crippen molar-refractivity contribution in [1.82, 2.24) is 0 Å². The minimum atomic E-state index is -2.53. The average molecular weight is 377 g/mol. The second-order valence-electron chi connectivity index (χ2n) is 5.57. The molecular weight excluding hydrogens is 347 g/mol. The summed E-state index contributed by atoms with van der Waals surface area (Å²) >= 11 is 0. The van der Waals surface area contributed by atoms with Gasteiger partial charge < -0.3 is 13.3 Å². The van der Waals surface area contributed by atoms with E-state index in [1.165, 1.54) is 10.6 Å². The van der Waals surface area contributed by atoms with E-state index in [-0.39, 0.29) is 0 Å². The summed E-state index contributed by atoms with van der Waals surface area (Å²) in [6.45, 7) is 8.02. The predicted molar refractivity (Wildman–Crippen MR) is 109 cm³/mol. The minimum Gasteiger partial charge on any atom is -0.374 e. The summed E-state index contributed by atoms with van der Waals surface area (Å²) in [5.74, 6) is 0. The van der Waals surface area contributed by atoms with E-state index in [0.717, 1.165) is 12.2 Å². The molecule has 0 atom stereocenters. The Labute approximate surface area is 154 Å². The second kappa shape index (κ2) is 10.8. The molecule has 0 unspecified atom stereocenters. The van der Waals surface area contributed by atoms with E-state index in [0.29, 0.717) is 19.8 Å². The van der Waals surface area contributed by atoms with Crippen LogP contribution >= 0.6 is 7.92 Å². The van der Waals surface area contributed by atoms with Gasteiger partial charge in [-0.15, -0.1) is 0 Å². The SMILES string of the molecule is CCO[Si](CC)(OCC)OCCP(c1ccccc1)c1ccccc1. The van der Waals surface area contributed by atoms with Gasteiger partial charge in [0.15, 0.2) is 0 Å². The molecule has 0 aliphatic rings. The van der Waals surface area contributed by atoms with E-state index in [2.05, 4.69) is 67.6 Å². The van der Waals surface area contributed by atoms with E-state index >= 15 is 0 Å². The molecule has 0 saturated carbocycles. The van der Waals surface area contributed by atoms with Gasteiger partial charge in [0.2, 0.25) is 0 Å². The van der Waals surface area contributed by atoms with Gasteiger partial charge in [0.05, 0.1) is 0 Å². The molecule has 0 aromatic heterocycles. The molecule has 0 aliphatic carbocycles. The van der Waals surface area contributed by atoms with E-state index < -0.39 is 16.7 Å². The molecule has 0 saturated heterocycles. The highest BCUT2D eigenvalue weighted by Crippen LogP contribution is 2.33. The third kappa shape index (κ3) is 6.02. The highest BCUT2D eigenvalue weighted by atomic mass is 31.1. The molecule has 2 aromatic rings. The van der Waals surface area contributed by atoms with Crippen LogP contribution in [-0.4, -0.2) is 34.8 Å². The zero-order valence-electron chi connectivity index (χ0n) is 15.5. The van der Waals surface area contributed by atoms with Crippen molar-refractivity contribution in [3.8, 4) is 0 Å². The van der Waals surface area contributed by atoms with Crippen molar-refractivity contribution in [1.29, 1.82) is 0 Å². The normalized spacial score (nSPS) is 11.8. The zero-order valence-corrected chi connectivity index (χ0v) is 17.4. The van der Waals surface area contributed by atoms with Crippen LogP contribution in [0.1, 0.15) is 20.8 Å². The first-order valence-electron chi connectivity index (χ1n) is 9.04. The first-order chi connectivity index (χ1) is 12.2. The fourth-order valence-corrected chi connectivity index (χ4v) is 7.27. The molecule has 2 aromatic carbocycles. The number of hydrogen-bond donors (Lipinski definition) is 0. The molecular formula is C20H29O3PSi. The molecule has 25 heavy (non-hydrogen) atoms. The molecule has 0 fully saturated rings. The van der Waals surface area contributed by atoms with Gasteiger partial charge in [-0.1, -0.05) is 67.6 Å². The molecule has 5 heteroatoms. The summed E-state index contributed by atoms with van der Waals surface area (Å²) in [4.78, 5) is 0. The summed E-state index contributed by atoms with van der Waals surface area (Å²) in [5.41, 5.74) is 0. The third-order valence-electron chi connectivity index (χ3n) is 3.93. The van der Waals surface area contributed by atoms with Crippen LogP contribution in [0.3, 0.4) is 0 Å². The van der Waals surface area contributed by atoms with Crippen LogP contribution in [0.2, 0.25) is 6.04 Å². The lowest BCUT2D eigenvalue weighted by atomic mass is 10.4. The maximum atomic E-state index is 6.24. The topological polar surface area (TPSA) is 27.7 Å². The molecule has 3 nitrogen and oxygen atoms in total. The Bertz CT molecular complexity index is 549. The van der Waals surface area contributed by atoms with Gasteiger partial charge in [0.1, 0.15) is 0 Å². The maximum Gasteiger partial charge on any atom is 0.500 e. The zero-order chi connectivity index (χ0) is 18.0. The van der Waals surface area contributed by atoms with Gasteiger partial charge in [-0.3, -0.25) is 0 Å². The monoisotopic (exact) mass is 376 g/mol. The summed E-state index contributed by atoms with van der Waals surface area (Å²) in [5, 5.41) is 2.76. The van der Waals surface area contributed by atoms with Crippen LogP contribution in [0.5, 0.6) is 0 Å². The highest BCUT2D eigenvalue weighted by Gasteiger charge is 2.38. The summed E-state index contributed by atoms with van der Waals surface area (Å²) in [6.07, 6.45) is 0.970. The predicted octanol–water partition coefficient (Wildman–Crippen LogP) is 4.17. The highest BCUT2D eigenvalue weighted by molar-refractivity contribution is 7.73. The Kier molecular flexibility index (Phi) is 8.80. The van der Waals surface area contributed by atoms with Crippen molar-refractivity contribution >= 4 is 27.3 Å². The second-order valence-corrected chi connectivity index (χ2v) is 10.8. The van der Waals surface area contributed by atoms with Gasteiger partial charge >= 0.3 is 8.80 Å². The molecule has 0 amide bonds. The fraction of sp³-hybridized carbons (Fsp3) is 0.400. The van der Waals surface area contributed by atoms with Crippen LogP contribution in [0.25, 0.3) is 0 Å². The van der Waals surface area contributed by atoms with E-state index in [9.17, 15) is 0 Å². The smallest absolute Gasteiger partial charge is 0.374 e. The molecule has 0 N–H and O–H groups in total. The van der Waals surface area contributed by atoms with Gasteiger partial charge in [0.25, 0.3) is 0 Å². The molecule has 2 rings (SSSR count). The maximum absolute atomic E-state index is 6.24. The Balaban J connectivity index is 2.10. The molecule has 0 aliphatic heterocycles. The number of benzene rings is 2. The Morgan fingerprint density at radius 1 is 0.720 bits per heavy atom. The van der Waals surface area contributed by atoms with Gasteiger partial charge in [0, 0.05) is 25.9 Å². The molecule has 0 spiro atoms. The number of hydrogen-bond acceptors (Lipinski definition) is 3. The standard InChI is InChI=1S/C20H29O3PSi/c1-4-21-25(6-3,22-5-2)23-17-18-24(19-13-9-7-10-14-19)20-15-11-8-12-16-20/h7-16H,4-6,17-18H2,1-3H3. The quantitative estimate of drug-likeness (QED) is 0.435. The van der Waals surface area contributed by atoms with Crippen LogP contribution in [0.15, 0.2) is 60.7 Å². The van der Waals surface area contributed by atoms with Crippen molar-refractivity contribution in [2.75, 3.05) is 26.0 Å².